The van der Waals surface area contributed by atoms with E-state index in [1.165, 1.54) is 0 Å². The van der Waals surface area contributed by atoms with Crippen molar-refractivity contribution in [2.45, 2.75) is 18.5 Å². The van der Waals surface area contributed by atoms with Gasteiger partial charge in [0.05, 0.1) is 18.1 Å². The van der Waals surface area contributed by atoms with Gasteiger partial charge in [-0.1, -0.05) is 0 Å². The smallest absolute Gasteiger partial charge is 0.328 e. The first-order valence-electron chi connectivity index (χ1n) is 4.95. The minimum Gasteiger partial charge on any atom is -0.480 e. The highest BCUT2D eigenvalue weighted by Gasteiger charge is 2.29. The van der Waals surface area contributed by atoms with Gasteiger partial charge in [-0.3, -0.25) is 0 Å². The lowest BCUT2D eigenvalue weighted by Crippen LogP contribution is -2.50. The molecular formula is C8H14N2O6S. The summed E-state index contributed by atoms with van der Waals surface area (Å²) in [7, 11) is -3.10. The number of rotatable bonds is 4. The number of urea groups is 1. The van der Waals surface area contributed by atoms with Gasteiger partial charge in [0, 0.05) is 6.04 Å². The second-order valence-corrected chi connectivity index (χ2v) is 6.02. The van der Waals surface area contributed by atoms with Crippen LogP contribution in [-0.2, 0) is 14.6 Å². The summed E-state index contributed by atoms with van der Waals surface area (Å²) >= 11 is 0. The second kappa shape index (κ2) is 5.32. The Labute approximate surface area is 97.9 Å². The molecule has 1 heterocycles. The average Bonchev–Trinajstić information content (AvgIpc) is 2.54. The van der Waals surface area contributed by atoms with Gasteiger partial charge in [-0.2, -0.15) is 0 Å². The van der Waals surface area contributed by atoms with E-state index in [1.54, 1.807) is 0 Å². The van der Waals surface area contributed by atoms with Crippen LogP contribution in [0.15, 0.2) is 0 Å². The van der Waals surface area contributed by atoms with Crippen molar-refractivity contribution in [3.8, 4) is 0 Å². The van der Waals surface area contributed by atoms with Gasteiger partial charge in [-0.15, -0.1) is 0 Å². The lowest BCUT2D eigenvalue weighted by atomic mass is 10.3. The van der Waals surface area contributed by atoms with Crippen LogP contribution in [0.2, 0.25) is 0 Å². The Balaban J connectivity index is 2.43. The van der Waals surface area contributed by atoms with Crippen molar-refractivity contribution < 1.29 is 28.2 Å². The molecule has 0 aromatic heterocycles. The number of hydrogen-bond donors (Lipinski definition) is 4. The Bertz CT molecular complexity index is 406. The van der Waals surface area contributed by atoms with Crippen molar-refractivity contribution in [2.24, 2.45) is 0 Å². The molecule has 98 valence electrons. The van der Waals surface area contributed by atoms with Crippen LogP contribution in [0.4, 0.5) is 4.79 Å². The summed E-state index contributed by atoms with van der Waals surface area (Å²) in [5, 5.41) is 21.6. The number of sulfone groups is 1. The normalized spacial score (nSPS) is 23.9. The lowest BCUT2D eigenvalue weighted by Gasteiger charge is -2.15. The third-order valence-electron chi connectivity index (χ3n) is 2.35. The van der Waals surface area contributed by atoms with Crippen molar-refractivity contribution in [1.29, 1.82) is 0 Å². The fraction of sp³-hybridized carbons (Fsp3) is 0.750. The summed E-state index contributed by atoms with van der Waals surface area (Å²) in [4.78, 5) is 21.8. The molecule has 0 radical (unpaired) electrons. The number of carboxylic acids is 1. The standard InChI is InChI=1S/C8H14N2O6S/c11-3-6(7(12)13)10-8(14)9-5-1-2-17(15,16)4-5/h5-6,11H,1-4H2,(H,12,13)(H2,9,10,14)/t5?,6-/m0/s1. The summed E-state index contributed by atoms with van der Waals surface area (Å²) in [6.07, 6.45) is 0.312. The van der Waals surface area contributed by atoms with Crippen molar-refractivity contribution >= 4 is 21.8 Å². The summed E-state index contributed by atoms with van der Waals surface area (Å²) in [6, 6.07) is -2.70. The first-order chi connectivity index (χ1) is 7.84. The molecule has 0 aromatic carbocycles. The Morgan fingerprint density at radius 3 is 2.47 bits per heavy atom. The van der Waals surface area contributed by atoms with Crippen molar-refractivity contribution in [3.63, 3.8) is 0 Å². The lowest BCUT2D eigenvalue weighted by molar-refractivity contribution is -0.140. The maximum atomic E-state index is 11.3. The molecule has 1 aliphatic heterocycles. The monoisotopic (exact) mass is 266 g/mol. The summed E-state index contributed by atoms with van der Waals surface area (Å²) in [5.41, 5.74) is 0. The van der Waals surface area contributed by atoms with E-state index in [9.17, 15) is 18.0 Å². The highest BCUT2D eigenvalue weighted by molar-refractivity contribution is 7.91. The highest BCUT2D eigenvalue weighted by atomic mass is 32.2. The van der Waals surface area contributed by atoms with Gasteiger partial charge in [-0.25, -0.2) is 18.0 Å². The zero-order chi connectivity index (χ0) is 13.1. The molecule has 2 atom stereocenters. The molecule has 4 N–H and O–H groups in total. The number of hydrogen-bond acceptors (Lipinski definition) is 5. The molecule has 0 aliphatic carbocycles. The molecule has 0 bridgehead atoms. The van der Waals surface area contributed by atoms with Crippen molar-refractivity contribution in [2.75, 3.05) is 18.1 Å². The highest BCUT2D eigenvalue weighted by Crippen LogP contribution is 2.10. The van der Waals surface area contributed by atoms with Crippen LogP contribution >= 0.6 is 0 Å². The molecule has 1 aliphatic rings. The fourth-order valence-electron chi connectivity index (χ4n) is 1.48. The summed E-state index contributed by atoms with van der Waals surface area (Å²) in [6.45, 7) is -0.730. The van der Waals surface area contributed by atoms with E-state index >= 15 is 0 Å². The first-order valence-corrected chi connectivity index (χ1v) is 6.77. The third-order valence-corrected chi connectivity index (χ3v) is 4.12. The predicted octanol–water partition coefficient (Wildman–Crippen LogP) is -2.08. The number of aliphatic hydroxyl groups excluding tert-OH is 1. The molecule has 0 spiro atoms. The number of aliphatic hydroxyl groups is 1. The topological polar surface area (TPSA) is 133 Å². The van der Waals surface area contributed by atoms with E-state index in [2.05, 4.69) is 5.32 Å². The van der Waals surface area contributed by atoms with Crippen molar-refractivity contribution in [3.05, 3.63) is 0 Å². The zero-order valence-corrected chi connectivity index (χ0v) is 9.74. The molecule has 8 nitrogen and oxygen atoms in total. The van der Waals surface area contributed by atoms with Crippen LogP contribution in [0.5, 0.6) is 0 Å². The van der Waals surface area contributed by atoms with Gasteiger partial charge in [0.2, 0.25) is 0 Å². The summed E-state index contributed by atoms with van der Waals surface area (Å²) < 4.78 is 22.2. The van der Waals surface area contributed by atoms with E-state index in [0.29, 0.717) is 6.42 Å². The zero-order valence-electron chi connectivity index (χ0n) is 8.92. The van der Waals surface area contributed by atoms with E-state index in [1.807, 2.05) is 5.32 Å². The number of carbonyl (C=O) groups is 2. The Kier molecular flexibility index (Phi) is 4.29. The first kappa shape index (κ1) is 13.7. The maximum Gasteiger partial charge on any atom is 0.328 e. The number of amides is 2. The Morgan fingerprint density at radius 1 is 1.41 bits per heavy atom. The van der Waals surface area contributed by atoms with Gasteiger partial charge < -0.3 is 20.8 Å². The van der Waals surface area contributed by atoms with Crippen LogP contribution in [-0.4, -0.2) is 60.8 Å². The quantitative estimate of drug-likeness (QED) is 0.461. The molecule has 17 heavy (non-hydrogen) atoms. The molecule has 0 saturated carbocycles. The third kappa shape index (κ3) is 4.19. The molecule has 1 rings (SSSR count). The van der Waals surface area contributed by atoms with E-state index < -0.39 is 40.5 Å². The molecule has 1 saturated heterocycles. The number of carboxylic acid groups (broad SMARTS) is 1. The minimum absolute atomic E-state index is 0.0142. The van der Waals surface area contributed by atoms with Crippen LogP contribution in [0.25, 0.3) is 0 Å². The van der Waals surface area contributed by atoms with Crippen molar-refractivity contribution in [1.82, 2.24) is 10.6 Å². The van der Waals surface area contributed by atoms with Crippen LogP contribution < -0.4 is 10.6 Å². The molecule has 1 fully saturated rings. The Morgan fingerprint density at radius 2 is 2.06 bits per heavy atom. The van der Waals surface area contributed by atoms with Gasteiger partial charge in [-0.05, 0) is 6.42 Å². The van der Waals surface area contributed by atoms with Gasteiger partial charge in [0.15, 0.2) is 15.9 Å². The molecular weight excluding hydrogens is 252 g/mol. The van der Waals surface area contributed by atoms with E-state index in [4.69, 9.17) is 10.2 Å². The number of carbonyl (C=O) groups excluding carboxylic acids is 1. The van der Waals surface area contributed by atoms with E-state index in [0.717, 1.165) is 0 Å². The van der Waals surface area contributed by atoms with Crippen LogP contribution in [0.3, 0.4) is 0 Å². The predicted molar refractivity (Wildman–Crippen MR) is 57.2 cm³/mol. The molecule has 2 amide bonds. The average molecular weight is 266 g/mol. The van der Waals surface area contributed by atoms with Gasteiger partial charge in [0.1, 0.15) is 0 Å². The fourth-order valence-corrected chi connectivity index (χ4v) is 3.15. The second-order valence-electron chi connectivity index (χ2n) is 3.79. The SMILES string of the molecule is O=C(NC1CCS(=O)(=O)C1)N[C@@H](CO)C(=O)O. The number of nitrogens with one attached hydrogen (secondary N) is 2. The molecule has 0 aromatic rings. The molecule has 1 unspecified atom stereocenters. The maximum absolute atomic E-state index is 11.3. The minimum atomic E-state index is -3.10. The summed E-state index contributed by atoms with van der Waals surface area (Å²) in [5.74, 6) is -1.49. The van der Waals surface area contributed by atoms with E-state index in [-0.39, 0.29) is 11.5 Å². The largest absolute Gasteiger partial charge is 0.480 e. The molecule has 9 heteroatoms. The van der Waals surface area contributed by atoms with Crippen LogP contribution in [0, 0.1) is 0 Å². The van der Waals surface area contributed by atoms with Crippen LogP contribution in [0.1, 0.15) is 6.42 Å². The van der Waals surface area contributed by atoms with Gasteiger partial charge >= 0.3 is 12.0 Å². The number of aliphatic carboxylic acids is 1. The Hall–Kier alpha value is -1.35. The van der Waals surface area contributed by atoms with Gasteiger partial charge in [0.25, 0.3) is 0 Å².